The molecule has 6 heteroatoms. The first kappa shape index (κ1) is 22.8. The van der Waals surface area contributed by atoms with Crippen molar-refractivity contribution in [2.45, 2.75) is 51.0 Å². The Hall–Kier alpha value is -1.92. The molecular weight excluding hydrogens is 378 g/mol. The summed E-state index contributed by atoms with van der Waals surface area (Å²) in [7, 11) is 1.74. The zero-order valence-electron chi connectivity index (χ0n) is 18.4. The molecular formula is C24H37N3O3. The number of nitrogens with zero attached hydrogens (tertiary/aromatic N) is 2. The van der Waals surface area contributed by atoms with Crippen LogP contribution in [0.5, 0.6) is 0 Å². The summed E-state index contributed by atoms with van der Waals surface area (Å²) >= 11 is 0. The van der Waals surface area contributed by atoms with Crippen molar-refractivity contribution in [3.05, 3.63) is 35.9 Å². The number of piperazine rings is 1. The molecule has 0 saturated carbocycles. The predicted octanol–water partition coefficient (Wildman–Crippen LogP) is 2.47. The van der Waals surface area contributed by atoms with Crippen LogP contribution in [0.4, 0.5) is 0 Å². The van der Waals surface area contributed by atoms with Gasteiger partial charge in [0, 0.05) is 39.9 Å². The lowest BCUT2D eigenvalue weighted by Crippen LogP contribution is -2.57. The highest BCUT2D eigenvalue weighted by molar-refractivity contribution is 5.88. The van der Waals surface area contributed by atoms with Gasteiger partial charge in [-0.25, -0.2) is 0 Å². The van der Waals surface area contributed by atoms with Crippen LogP contribution in [-0.2, 0) is 20.7 Å². The van der Waals surface area contributed by atoms with E-state index in [1.54, 1.807) is 7.11 Å². The van der Waals surface area contributed by atoms with Gasteiger partial charge in [-0.2, -0.15) is 0 Å². The monoisotopic (exact) mass is 415 g/mol. The van der Waals surface area contributed by atoms with Gasteiger partial charge in [-0.1, -0.05) is 30.3 Å². The molecule has 3 rings (SSSR count). The summed E-state index contributed by atoms with van der Waals surface area (Å²) in [6, 6.07) is 10.1. The van der Waals surface area contributed by atoms with Crippen molar-refractivity contribution in [1.82, 2.24) is 15.1 Å². The number of amides is 2. The molecule has 2 saturated heterocycles. The third-order valence-electron chi connectivity index (χ3n) is 6.49. The molecule has 2 fully saturated rings. The minimum Gasteiger partial charge on any atom is -0.385 e. The fourth-order valence-electron chi connectivity index (χ4n) is 4.66. The van der Waals surface area contributed by atoms with Crippen molar-refractivity contribution < 1.29 is 14.3 Å². The molecule has 6 nitrogen and oxygen atoms in total. The van der Waals surface area contributed by atoms with Gasteiger partial charge in [0.15, 0.2) is 0 Å². The standard InChI is InChI=1S/C24H37N3O3/c1-30-18-6-10-21-11-15-27(16-12-21)23(28)19-22-24(29)25-13-17-26(22)14-5-9-20-7-3-2-4-8-20/h2-4,7-8,21-22H,5-6,9-19H2,1H3,(H,25,29). The van der Waals surface area contributed by atoms with E-state index in [0.717, 1.165) is 64.9 Å². The fourth-order valence-corrected chi connectivity index (χ4v) is 4.66. The van der Waals surface area contributed by atoms with Crippen LogP contribution in [0.25, 0.3) is 0 Å². The molecule has 2 aliphatic heterocycles. The molecule has 0 aromatic heterocycles. The molecule has 1 aromatic rings. The Labute approximate surface area is 180 Å². The summed E-state index contributed by atoms with van der Waals surface area (Å²) in [6.07, 6.45) is 6.68. The van der Waals surface area contributed by atoms with E-state index in [1.165, 1.54) is 12.0 Å². The van der Waals surface area contributed by atoms with E-state index in [4.69, 9.17) is 4.74 Å². The van der Waals surface area contributed by atoms with E-state index in [0.29, 0.717) is 18.9 Å². The molecule has 2 amide bonds. The van der Waals surface area contributed by atoms with Gasteiger partial charge >= 0.3 is 0 Å². The van der Waals surface area contributed by atoms with E-state index in [9.17, 15) is 9.59 Å². The number of hydrogen-bond donors (Lipinski definition) is 1. The summed E-state index contributed by atoms with van der Waals surface area (Å²) in [5, 5.41) is 2.95. The van der Waals surface area contributed by atoms with Gasteiger partial charge < -0.3 is 15.0 Å². The highest BCUT2D eigenvalue weighted by Gasteiger charge is 2.33. The zero-order valence-corrected chi connectivity index (χ0v) is 18.4. The van der Waals surface area contributed by atoms with E-state index in [-0.39, 0.29) is 17.9 Å². The smallest absolute Gasteiger partial charge is 0.237 e. The lowest BCUT2D eigenvalue weighted by Gasteiger charge is -2.37. The highest BCUT2D eigenvalue weighted by atomic mass is 16.5. The highest BCUT2D eigenvalue weighted by Crippen LogP contribution is 2.23. The quantitative estimate of drug-likeness (QED) is 0.597. The molecule has 0 radical (unpaired) electrons. The molecule has 2 heterocycles. The number of rotatable bonds is 10. The van der Waals surface area contributed by atoms with E-state index in [1.807, 2.05) is 11.0 Å². The molecule has 1 unspecified atom stereocenters. The zero-order chi connectivity index (χ0) is 21.2. The molecule has 1 atom stereocenters. The molecule has 166 valence electrons. The van der Waals surface area contributed by atoms with Crippen LogP contribution in [0.3, 0.4) is 0 Å². The summed E-state index contributed by atoms with van der Waals surface area (Å²) in [5.74, 6) is 0.820. The lowest BCUT2D eigenvalue weighted by molar-refractivity contribution is -0.139. The van der Waals surface area contributed by atoms with E-state index < -0.39 is 0 Å². The van der Waals surface area contributed by atoms with Gasteiger partial charge in [-0.05, 0) is 56.6 Å². The SMILES string of the molecule is COCCCC1CCN(C(=O)CC2C(=O)NCCN2CCCc2ccccc2)CC1. The van der Waals surface area contributed by atoms with Crippen LogP contribution in [0.15, 0.2) is 30.3 Å². The predicted molar refractivity (Wildman–Crippen MR) is 118 cm³/mol. The first-order chi connectivity index (χ1) is 14.7. The number of likely N-dealkylation sites (tertiary alicyclic amines) is 1. The largest absolute Gasteiger partial charge is 0.385 e. The van der Waals surface area contributed by atoms with Crippen molar-refractivity contribution in [2.75, 3.05) is 46.4 Å². The van der Waals surface area contributed by atoms with E-state index >= 15 is 0 Å². The van der Waals surface area contributed by atoms with Gasteiger partial charge in [0.05, 0.1) is 12.5 Å². The Kier molecular flexibility index (Phi) is 9.15. The summed E-state index contributed by atoms with van der Waals surface area (Å²) in [4.78, 5) is 29.6. The summed E-state index contributed by atoms with van der Waals surface area (Å²) < 4.78 is 5.14. The maximum atomic E-state index is 12.9. The van der Waals surface area contributed by atoms with Crippen molar-refractivity contribution >= 4 is 11.8 Å². The summed E-state index contributed by atoms with van der Waals surface area (Å²) in [6.45, 7) is 4.79. The minimum atomic E-state index is -0.332. The van der Waals surface area contributed by atoms with Crippen LogP contribution in [0, 0.1) is 5.92 Å². The van der Waals surface area contributed by atoms with Gasteiger partial charge in [0.1, 0.15) is 0 Å². The van der Waals surface area contributed by atoms with Crippen molar-refractivity contribution in [3.8, 4) is 0 Å². The molecule has 2 aliphatic rings. The number of carbonyl (C=O) groups is 2. The second-order valence-electron chi connectivity index (χ2n) is 8.60. The maximum absolute atomic E-state index is 12.9. The Bertz CT molecular complexity index is 659. The molecule has 0 bridgehead atoms. The van der Waals surface area contributed by atoms with Crippen LogP contribution < -0.4 is 5.32 Å². The number of ether oxygens (including phenoxy) is 1. The van der Waals surface area contributed by atoms with Crippen LogP contribution in [0.1, 0.15) is 44.1 Å². The van der Waals surface area contributed by atoms with Gasteiger partial charge in [0.25, 0.3) is 0 Å². The Balaban J connectivity index is 1.45. The maximum Gasteiger partial charge on any atom is 0.237 e. The first-order valence-electron chi connectivity index (χ1n) is 11.5. The number of hydrogen-bond acceptors (Lipinski definition) is 4. The van der Waals surface area contributed by atoms with Crippen LogP contribution >= 0.6 is 0 Å². The average molecular weight is 416 g/mol. The normalized spacial score (nSPS) is 20.9. The number of piperidine rings is 1. The topological polar surface area (TPSA) is 61.9 Å². The molecule has 1 N–H and O–H groups in total. The Morgan fingerprint density at radius 2 is 1.90 bits per heavy atom. The minimum absolute atomic E-state index is 0.00348. The molecule has 30 heavy (non-hydrogen) atoms. The van der Waals surface area contributed by atoms with Gasteiger partial charge in [0.2, 0.25) is 11.8 Å². The fraction of sp³-hybridized carbons (Fsp3) is 0.667. The number of nitrogens with one attached hydrogen (secondary N) is 1. The molecule has 1 aromatic carbocycles. The van der Waals surface area contributed by atoms with Crippen molar-refractivity contribution in [2.24, 2.45) is 5.92 Å². The number of carbonyl (C=O) groups excluding carboxylic acids is 2. The Morgan fingerprint density at radius 1 is 1.13 bits per heavy atom. The molecule has 0 aliphatic carbocycles. The van der Waals surface area contributed by atoms with E-state index in [2.05, 4.69) is 34.5 Å². The third kappa shape index (κ3) is 6.81. The van der Waals surface area contributed by atoms with Crippen molar-refractivity contribution in [1.29, 1.82) is 0 Å². The van der Waals surface area contributed by atoms with Gasteiger partial charge in [-0.15, -0.1) is 0 Å². The third-order valence-corrected chi connectivity index (χ3v) is 6.49. The second kappa shape index (κ2) is 12.1. The Morgan fingerprint density at radius 3 is 2.63 bits per heavy atom. The molecule has 0 spiro atoms. The number of benzene rings is 1. The van der Waals surface area contributed by atoms with Gasteiger partial charge in [-0.3, -0.25) is 14.5 Å². The number of aryl methyl sites for hydroxylation is 1. The summed E-state index contributed by atoms with van der Waals surface area (Å²) in [5.41, 5.74) is 1.32. The average Bonchev–Trinajstić information content (AvgIpc) is 2.77. The van der Waals surface area contributed by atoms with Crippen LogP contribution in [-0.4, -0.2) is 74.1 Å². The first-order valence-corrected chi connectivity index (χ1v) is 11.5. The lowest BCUT2D eigenvalue weighted by atomic mass is 9.92. The number of methoxy groups -OCH3 is 1. The van der Waals surface area contributed by atoms with Crippen molar-refractivity contribution in [3.63, 3.8) is 0 Å². The second-order valence-corrected chi connectivity index (χ2v) is 8.60. The van der Waals surface area contributed by atoms with Crippen LogP contribution in [0.2, 0.25) is 0 Å².